The zero-order chi connectivity index (χ0) is 15.4. The highest BCUT2D eigenvalue weighted by Crippen LogP contribution is 2.28. The maximum absolute atomic E-state index is 6.12. The normalized spacial score (nSPS) is 14.4. The zero-order valence-electron chi connectivity index (χ0n) is 13.5. The number of aryl methyl sites for hydroxylation is 2. The number of likely N-dealkylation sites (N-methyl/N-ethyl adjacent to an activating group) is 1. The molecule has 0 saturated carbocycles. The van der Waals surface area contributed by atoms with Gasteiger partial charge in [0.25, 0.3) is 0 Å². The summed E-state index contributed by atoms with van der Waals surface area (Å²) in [5, 5.41) is 2.15. The van der Waals surface area contributed by atoms with Gasteiger partial charge in [0.2, 0.25) is 0 Å². The average molecular weight is 302 g/mol. The highest BCUT2D eigenvalue weighted by molar-refractivity contribution is 7.09. The molecular weight excluding hydrogens is 276 g/mol. The first kappa shape index (κ1) is 16.2. The van der Waals surface area contributed by atoms with Crippen LogP contribution in [0.3, 0.4) is 0 Å². The lowest BCUT2D eigenvalue weighted by Gasteiger charge is -2.34. The highest BCUT2D eigenvalue weighted by Gasteiger charge is 2.23. The summed E-state index contributed by atoms with van der Waals surface area (Å²) in [5.74, 6) is 0. The minimum Gasteiger partial charge on any atom is -0.329 e. The molecule has 21 heavy (non-hydrogen) atoms. The van der Waals surface area contributed by atoms with E-state index in [9.17, 15) is 0 Å². The second-order valence-corrected chi connectivity index (χ2v) is 6.89. The smallest absolute Gasteiger partial charge is 0.0475 e. The van der Waals surface area contributed by atoms with Crippen LogP contribution in [0.2, 0.25) is 0 Å². The third-order valence-corrected chi connectivity index (χ3v) is 5.26. The summed E-state index contributed by atoms with van der Waals surface area (Å²) in [6.45, 7) is 7.30. The van der Waals surface area contributed by atoms with E-state index in [2.05, 4.69) is 68.4 Å². The Balaban J connectivity index is 2.20. The Hall–Kier alpha value is -1.16. The van der Waals surface area contributed by atoms with Crippen LogP contribution in [0.1, 0.15) is 34.5 Å². The maximum atomic E-state index is 6.12. The Kier molecular flexibility index (Phi) is 5.57. The average Bonchev–Trinajstić information content (AvgIpc) is 2.95. The van der Waals surface area contributed by atoms with Crippen molar-refractivity contribution in [3.63, 3.8) is 0 Å². The maximum Gasteiger partial charge on any atom is 0.0475 e. The lowest BCUT2D eigenvalue weighted by molar-refractivity contribution is 0.187. The summed E-state index contributed by atoms with van der Waals surface area (Å²) in [7, 11) is 2.20. The number of hydrogen-bond donors (Lipinski definition) is 1. The van der Waals surface area contributed by atoms with Gasteiger partial charge in [0.1, 0.15) is 0 Å². The van der Waals surface area contributed by atoms with Gasteiger partial charge >= 0.3 is 0 Å². The van der Waals surface area contributed by atoms with Gasteiger partial charge in [0, 0.05) is 23.5 Å². The molecule has 0 radical (unpaired) electrons. The van der Waals surface area contributed by atoms with E-state index in [4.69, 9.17) is 5.73 Å². The van der Waals surface area contributed by atoms with Crippen LogP contribution < -0.4 is 5.73 Å². The molecule has 3 heteroatoms. The predicted octanol–water partition coefficient (Wildman–Crippen LogP) is 3.93. The first-order chi connectivity index (χ1) is 10.0. The molecule has 2 N–H and O–H groups in total. The lowest BCUT2D eigenvalue weighted by Crippen LogP contribution is -2.38. The van der Waals surface area contributed by atoms with Gasteiger partial charge < -0.3 is 5.73 Å². The topological polar surface area (TPSA) is 29.3 Å². The summed E-state index contributed by atoms with van der Waals surface area (Å²) in [6, 6.07) is 11.6. The molecule has 2 nitrogen and oxygen atoms in total. The van der Waals surface area contributed by atoms with Crippen molar-refractivity contribution in [3.05, 3.63) is 57.3 Å². The van der Waals surface area contributed by atoms with E-state index >= 15 is 0 Å². The molecule has 114 valence electrons. The number of nitrogens with zero attached hydrogens (tertiary/aromatic N) is 1. The molecule has 0 fully saturated rings. The van der Waals surface area contributed by atoms with Crippen molar-refractivity contribution >= 4 is 11.3 Å². The Labute approximate surface area is 132 Å². The SMILES string of the molecule is Cc1cccc(C)c1C(CN)N(C)C(C)Cc1cccs1. The molecule has 0 aliphatic heterocycles. The molecule has 0 aliphatic rings. The number of rotatable bonds is 6. The first-order valence-electron chi connectivity index (χ1n) is 7.55. The Morgan fingerprint density at radius 2 is 1.81 bits per heavy atom. The van der Waals surface area contributed by atoms with E-state index in [-0.39, 0.29) is 6.04 Å². The summed E-state index contributed by atoms with van der Waals surface area (Å²) in [4.78, 5) is 3.86. The lowest BCUT2D eigenvalue weighted by atomic mass is 9.94. The molecule has 2 rings (SSSR count). The fraction of sp³-hybridized carbons (Fsp3) is 0.444. The number of benzene rings is 1. The first-order valence-corrected chi connectivity index (χ1v) is 8.43. The molecular formula is C18H26N2S. The van der Waals surface area contributed by atoms with Crippen LogP contribution in [-0.2, 0) is 6.42 Å². The Bertz CT molecular complexity index is 542. The standard InChI is InChI=1S/C18H26N2S/c1-13-7-5-8-14(2)18(13)17(12-19)20(4)15(3)11-16-9-6-10-21-16/h5-10,15,17H,11-12,19H2,1-4H3. The molecule has 0 spiro atoms. The van der Waals surface area contributed by atoms with Crippen molar-refractivity contribution in [2.24, 2.45) is 5.73 Å². The predicted molar refractivity (Wildman–Crippen MR) is 93.0 cm³/mol. The van der Waals surface area contributed by atoms with Crippen molar-refractivity contribution in [1.82, 2.24) is 4.90 Å². The van der Waals surface area contributed by atoms with Crippen molar-refractivity contribution in [2.45, 2.75) is 39.3 Å². The third kappa shape index (κ3) is 3.73. The minimum absolute atomic E-state index is 0.279. The van der Waals surface area contributed by atoms with Gasteiger partial charge in [0.15, 0.2) is 0 Å². The van der Waals surface area contributed by atoms with E-state index in [0.29, 0.717) is 12.6 Å². The van der Waals surface area contributed by atoms with Gasteiger partial charge in [-0.1, -0.05) is 24.3 Å². The van der Waals surface area contributed by atoms with Gasteiger partial charge in [-0.05, 0) is 62.4 Å². The zero-order valence-corrected chi connectivity index (χ0v) is 14.3. The van der Waals surface area contributed by atoms with Crippen molar-refractivity contribution in [3.8, 4) is 0 Å². The Morgan fingerprint density at radius 3 is 2.33 bits per heavy atom. The second kappa shape index (κ2) is 7.21. The van der Waals surface area contributed by atoms with Gasteiger partial charge in [-0.3, -0.25) is 4.90 Å². The van der Waals surface area contributed by atoms with Crippen LogP contribution in [0.4, 0.5) is 0 Å². The summed E-state index contributed by atoms with van der Waals surface area (Å²) in [5.41, 5.74) is 10.2. The molecule has 2 aromatic rings. The van der Waals surface area contributed by atoms with Gasteiger partial charge in [-0.25, -0.2) is 0 Å². The van der Waals surface area contributed by atoms with E-state index in [0.717, 1.165) is 6.42 Å². The summed E-state index contributed by atoms with van der Waals surface area (Å²) < 4.78 is 0. The molecule has 0 saturated heterocycles. The molecule has 0 aliphatic carbocycles. The molecule has 0 bridgehead atoms. The number of hydrogen-bond acceptors (Lipinski definition) is 3. The fourth-order valence-electron chi connectivity index (χ4n) is 3.01. The molecule has 0 amide bonds. The van der Waals surface area contributed by atoms with Crippen LogP contribution in [0.15, 0.2) is 35.7 Å². The largest absolute Gasteiger partial charge is 0.329 e. The van der Waals surface area contributed by atoms with Crippen molar-refractivity contribution in [1.29, 1.82) is 0 Å². The van der Waals surface area contributed by atoms with E-state index in [1.165, 1.54) is 21.6 Å². The molecule has 2 atom stereocenters. The van der Waals surface area contributed by atoms with E-state index < -0.39 is 0 Å². The second-order valence-electron chi connectivity index (χ2n) is 5.85. The Morgan fingerprint density at radius 1 is 1.14 bits per heavy atom. The molecule has 2 unspecified atom stereocenters. The molecule has 1 aromatic heterocycles. The van der Waals surface area contributed by atoms with Crippen molar-refractivity contribution in [2.75, 3.05) is 13.6 Å². The van der Waals surface area contributed by atoms with E-state index in [1.807, 2.05) is 11.3 Å². The summed E-state index contributed by atoms with van der Waals surface area (Å²) >= 11 is 1.83. The van der Waals surface area contributed by atoms with Gasteiger partial charge in [0.05, 0.1) is 0 Å². The monoisotopic (exact) mass is 302 g/mol. The van der Waals surface area contributed by atoms with Crippen LogP contribution >= 0.6 is 11.3 Å². The van der Waals surface area contributed by atoms with Crippen LogP contribution in [0.25, 0.3) is 0 Å². The quantitative estimate of drug-likeness (QED) is 0.876. The molecule has 1 aromatic carbocycles. The molecule has 1 heterocycles. The third-order valence-electron chi connectivity index (χ3n) is 4.36. The van der Waals surface area contributed by atoms with Gasteiger partial charge in [-0.2, -0.15) is 0 Å². The van der Waals surface area contributed by atoms with Crippen LogP contribution in [0.5, 0.6) is 0 Å². The van der Waals surface area contributed by atoms with Crippen LogP contribution in [-0.4, -0.2) is 24.5 Å². The summed E-state index contributed by atoms with van der Waals surface area (Å²) in [6.07, 6.45) is 1.08. The fourth-order valence-corrected chi connectivity index (χ4v) is 3.84. The number of nitrogens with two attached hydrogens (primary N) is 1. The minimum atomic E-state index is 0.279. The highest BCUT2D eigenvalue weighted by atomic mass is 32.1. The number of thiophene rings is 1. The van der Waals surface area contributed by atoms with Crippen LogP contribution in [0, 0.1) is 13.8 Å². The van der Waals surface area contributed by atoms with Gasteiger partial charge in [-0.15, -0.1) is 11.3 Å². The van der Waals surface area contributed by atoms with Crippen molar-refractivity contribution < 1.29 is 0 Å². The van der Waals surface area contributed by atoms with E-state index in [1.54, 1.807) is 0 Å².